The van der Waals surface area contributed by atoms with Crippen LogP contribution < -0.4 is 9.62 Å². The minimum Gasteiger partial charge on any atom is -0.368 e. The highest BCUT2D eigenvalue weighted by Crippen LogP contribution is 2.35. The zero-order valence-corrected chi connectivity index (χ0v) is 19.3. The van der Waals surface area contributed by atoms with E-state index in [0.717, 1.165) is 36.0 Å². The molecule has 0 bridgehead atoms. The molecule has 1 atom stereocenters. The minimum absolute atomic E-state index is 0. The first-order chi connectivity index (χ1) is 14.5. The molecule has 164 valence electrons. The average molecular weight is 458 g/mol. The Morgan fingerprint density at radius 1 is 0.903 bits per heavy atom. The van der Waals surface area contributed by atoms with Crippen LogP contribution in [0, 0.1) is 6.92 Å². The third-order valence-electron chi connectivity index (χ3n) is 6.40. The summed E-state index contributed by atoms with van der Waals surface area (Å²) in [5.41, 5.74) is 2.84. The number of aryl methyl sites for hydroxylation is 1. The first-order valence-corrected chi connectivity index (χ1v) is 12.1. The van der Waals surface area contributed by atoms with Gasteiger partial charge in [-0.25, -0.2) is 8.42 Å². The van der Waals surface area contributed by atoms with Crippen LogP contribution in [0.3, 0.4) is 0 Å². The third kappa shape index (κ3) is 4.25. The number of benzene rings is 3. The summed E-state index contributed by atoms with van der Waals surface area (Å²) < 4.78 is 28.7. The maximum Gasteiger partial charge on any atom is 0.261 e. The van der Waals surface area contributed by atoms with E-state index in [4.69, 9.17) is 0 Å². The Hall–Kier alpha value is -2.28. The van der Waals surface area contributed by atoms with Crippen molar-refractivity contribution in [3.05, 3.63) is 66.2 Å². The lowest BCUT2D eigenvalue weighted by Gasteiger charge is -2.39. The van der Waals surface area contributed by atoms with Crippen LogP contribution >= 0.6 is 12.4 Å². The van der Waals surface area contributed by atoms with Gasteiger partial charge >= 0.3 is 0 Å². The van der Waals surface area contributed by atoms with Gasteiger partial charge in [0.1, 0.15) is 0 Å². The van der Waals surface area contributed by atoms with Crippen molar-refractivity contribution in [1.29, 1.82) is 0 Å². The van der Waals surface area contributed by atoms with Gasteiger partial charge in [0.25, 0.3) is 10.0 Å². The van der Waals surface area contributed by atoms with Crippen molar-refractivity contribution < 1.29 is 8.42 Å². The van der Waals surface area contributed by atoms with Crippen LogP contribution in [-0.2, 0) is 10.0 Å². The normalized spacial score (nSPS) is 19.1. The van der Waals surface area contributed by atoms with Crippen LogP contribution in [0.4, 0.5) is 11.4 Å². The number of nitrogens with one attached hydrogen (secondary N) is 1. The quantitative estimate of drug-likeness (QED) is 0.619. The third-order valence-corrected chi connectivity index (χ3v) is 7.79. The predicted octanol–water partition coefficient (Wildman–Crippen LogP) is 4.66. The van der Waals surface area contributed by atoms with Crippen LogP contribution in [0.5, 0.6) is 0 Å². The van der Waals surface area contributed by atoms with Gasteiger partial charge in [0, 0.05) is 42.1 Å². The largest absolute Gasteiger partial charge is 0.368 e. The fraction of sp³-hybridized carbons (Fsp3) is 0.333. The zero-order chi connectivity index (χ0) is 20.7. The number of hydrogen-bond acceptors (Lipinski definition) is 4. The number of fused-ring (bicyclic) bond motifs is 2. The number of anilines is 2. The summed E-state index contributed by atoms with van der Waals surface area (Å²) in [6.45, 7) is 6.31. The van der Waals surface area contributed by atoms with E-state index >= 15 is 0 Å². The van der Waals surface area contributed by atoms with E-state index in [0.29, 0.717) is 11.7 Å². The van der Waals surface area contributed by atoms with Gasteiger partial charge in [0.15, 0.2) is 0 Å². The molecule has 31 heavy (non-hydrogen) atoms. The number of piperazine rings is 1. The van der Waals surface area contributed by atoms with E-state index < -0.39 is 10.0 Å². The SMILES string of the molecule is Cc1ccc(S(=O)(=O)Nc2ccc(N3CCN4CCCC4C3)c3ccccc23)cc1.Cl. The predicted molar refractivity (Wildman–Crippen MR) is 130 cm³/mol. The molecule has 0 aromatic heterocycles. The maximum atomic E-state index is 12.9. The summed E-state index contributed by atoms with van der Waals surface area (Å²) in [5, 5.41) is 2.02. The number of hydrogen-bond donors (Lipinski definition) is 1. The molecular weight excluding hydrogens is 430 g/mol. The lowest BCUT2D eigenvalue weighted by molar-refractivity contribution is 0.231. The summed E-state index contributed by atoms with van der Waals surface area (Å²) in [7, 11) is -3.64. The van der Waals surface area contributed by atoms with Crippen LogP contribution in [-0.4, -0.2) is 45.5 Å². The van der Waals surface area contributed by atoms with E-state index in [1.165, 1.54) is 25.1 Å². The molecule has 2 aliphatic heterocycles. The van der Waals surface area contributed by atoms with Crippen molar-refractivity contribution in [2.24, 2.45) is 0 Å². The first kappa shape index (κ1) is 21.9. The molecule has 0 saturated carbocycles. The lowest BCUT2D eigenvalue weighted by Crippen LogP contribution is -2.50. The molecule has 0 amide bonds. The Labute approximate surface area is 190 Å². The van der Waals surface area contributed by atoms with Gasteiger partial charge in [-0.1, -0.05) is 42.0 Å². The summed E-state index contributed by atoms with van der Waals surface area (Å²) in [6.07, 6.45) is 2.56. The second-order valence-electron chi connectivity index (χ2n) is 8.37. The summed E-state index contributed by atoms with van der Waals surface area (Å²) in [4.78, 5) is 5.34. The molecule has 5 nitrogen and oxygen atoms in total. The highest BCUT2D eigenvalue weighted by Gasteiger charge is 2.31. The van der Waals surface area contributed by atoms with Gasteiger partial charge in [0.05, 0.1) is 10.6 Å². The Morgan fingerprint density at radius 3 is 2.42 bits per heavy atom. The summed E-state index contributed by atoms with van der Waals surface area (Å²) in [5.74, 6) is 0. The smallest absolute Gasteiger partial charge is 0.261 e. The molecule has 2 fully saturated rings. The molecule has 1 N–H and O–H groups in total. The molecule has 2 saturated heterocycles. The molecule has 7 heteroatoms. The van der Waals surface area contributed by atoms with Gasteiger partial charge in [-0.2, -0.15) is 0 Å². The molecule has 0 radical (unpaired) electrons. The van der Waals surface area contributed by atoms with Crippen molar-refractivity contribution in [2.75, 3.05) is 35.8 Å². The van der Waals surface area contributed by atoms with Gasteiger partial charge in [-0.05, 0) is 50.6 Å². The minimum atomic E-state index is -3.64. The average Bonchev–Trinajstić information content (AvgIpc) is 3.22. The van der Waals surface area contributed by atoms with Crippen LogP contribution in [0.1, 0.15) is 18.4 Å². The van der Waals surface area contributed by atoms with Gasteiger partial charge in [0.2, 0.25) is 0 Å². The molecule has 3 aromatic carbocycles. The molecule has 2 heterocycles. The molecular formula is C24H28ClN3O2S. The molecule has 1 unspecified atom stereocenters. The number of sulfonamides is 1. The van der Waals surface area contributed by atoms with Gasteiger partial charge in [-0.3, -0.25) is 9.62 Å². The molecule has 0 spiro atoms. The Kier molecular flexibility index (Phi) is 6.15. The molecule has 0 aliphatic carbocycles. The van der Waals surface area contributed by atoms with E-state index in [9.17, 15) is 8.42 Å². The van der Waals surface area contributed by atoms with Crippen molar-refractivity contribution in [3.63, 3.8) is 0 Å². The molecule has 2 aliphatic rings. The number of rotatable bonds is 4. The van der Waals surface area contributed by atoms with Gasteiger partial charge in [-0.15, -0.1) is 12.4 Å². The topological polar surface area (TPSA) is 52.7 Å². The summed E-state index contributed by atoms with van der Waals surface area (Å²) >= 11 is 0. The molecule has 5 rings (SSSR count). The zero-order valence-electron chi connectivity index (χ0n) is 17.6. The number of nitrogens with zero attached hydrogens (tertiary/aromatic N) is 2. The van der Waals surface area contributed by atoms with Crippen LogP contribution in [0.2, 0.25) is 0 Å². The fourth-order valence-electron chi connectivity index (χ4n) is 4.78. The standard InChI is InChI=1S/C24H27N3O2S.ClH/c1-18-8-10-20(11-9-18)30(28,29)25-23-12-13-24(22-7-3-2-6-21(22)23)27-16-15-26-14-4-5-19(26)17-27;/h2-3,6-13,19,25H,4-5,14-17H2,1H3;1H. The highest BCUT2D eigenvalue weighted by molar-refractivity contribution is 7.92. The van der Waals surface area contributed by atoms with Crippen molar-refractivity contribution >= 4 is 44.6 Å². The van der Waals surface area contributed by atoms with E-state index in [1.54, 1.807) is 12.1 Å². The van der Waals surface area contributed by atoms with E-state index in [1.807, 2.05) is 43.3 Å². The van der Waals surface area contributed by atoms with Crippen LogP contribution in [0.15, 0.2) is 65.6 Å². The summed E-state index contributed by atoms with van der Waals surface area (Å²) in [6, 6.07) is 19.6. The van der Waals surface area contributed by atoms with Crippen molar-refractivity contribution in [1.82, 2.24) is 4.90 Å². The maximum absolute atomic E-state index is 12.9. The fourth-order valence-corrected chi connectivity index (χ4v) is 5.86. The van der Waals surface area contributed by atoms with Crippen molar-refractivity contribution in [3.8, 4) is 0 Å². The van der Waals surface area contributed by atoms with Crippen LogP contribution in [0.25, 0.3) is 10.8 Å². The highest BCUT2D eigenvalue weighted by atomic mass is 35.5. The van der Waals surface area contributed by atoms with Gasteiger partial charge < -0.3 is 4.90 Å². The Balaban J connectivity index is 0.00000231. The second kappa shape index (κ2) is 8.69. The van der Waals surface area contributed by atoms with E-state index in [-0.39, 0.29) is 17.3 Å². The Bertz CT molecular complexity index is 1180. The van der Waals surface area contributed by atoms with E-state index in [2.05, 4.69) is 26.7 Å². The molecule has 3 aromatic rings. The lowest BCUT2D eigenvalue weighted by atomic mass is 10.0. The monoisotopic (exact) mass is 457 g/mol. The second-order valence-corrected chi connectivity index (χ2v) is 10.1. The number of halogens is 1. The Morgan fingerprint density at radius 2 is 1.65 bits per heavy atom. The van der Waals surface area contributed by atoms with Crippen molar-refractivity contribution in [2.45, 2.75) is 30.7 Å². The first-order valence-electron chi connectivity index (χ1n) is 10.6.